The Labute approximate surface area is 86.9 Å². The van der Waals surface area contributed by atoms with Gasteiger partial charge in [-0.05, 0) is 31.2 Å². The smallest absolute Gasteiger partial charge is 0.324 e. The van der Waals surface area contributed by atoms with Gasteiger partial charge in [-0.1, -0.05) is 12.1 Å². The average molecular weight is 209 g/mol. The topological polar surface area (TPSA) is 49.3 Å². The molecule has 0 spiro atoms. The number of aliphatic carboxylic acids is 1. The fourth-order valence-electron chi connectivity index (χ4n) is 2.01. The molecule has 0 amide bonds. The van der Waals surface area contributed by atoms with E-state index < -0.39 is 11.5 Å². The van der Waals surface area contributed by atoms with E-state index in [2.05, 4.69) is 5.32 Å². The molecule has 0 aromatic heterocycles. The maximum absolute atomic E-state index is 12.9. The predicted octanol–water partition coefficient (Wildman–Crippen LogP) is 1.36. The third-order valence-corrected chi connectivity index (χ3v) is 3.04. The highest BCUT2D eigenvalue weighted by atomic mass is 19.1. The number of carboxylic acids is 1. The molecular formula is C11H12FNO2. The Morgan fingerprint density at radius 3 is 2.87 bits per heavy atom. The predicted molar refractivity (Wildman–Crippen MR) is 53.2 cm³/mol. The Hall–Kier alpha value is -1.42. The minimum atomic E-state index is -0.895. The Kier molecular flexibility index (Phi) is 2.23. The third-order valence-electron chi connectivity index (χ3n) is 3.04. The van der Waals surface area contributed by atoms with Crippen molar-refractivity contribution >= 4 is 5.97 Å². The molecule has 4 heteroatoms. The fourth-order valence-corrected chi connectivity index (χ4v) is 2.01. The first-order valence-electron chi connectivity index (χ1n) is 4.78. The molecule has 1 aromatic carbocycles. The molecule has 0 radical (unpaired) electrons. The van der Waals surface area contributed by atoms with Crippen LogP contribution in [0.4, 0.5) is 4.39 Å². The van der Waals surface area contributed by atoms with Crippen LogP contribution in [-0.2, 0) is 4.79 Å². The molecule has 15 heavy (non-hydrogen) atoms. The van der Waals surface area contributed by atoms with Crippen LogP contribution in [0.1, 0.15) is 17.9 Å². The number of benzene rings is 1. The molecule has 1 fully saturated rings. The highest BCUT2D eigenvalue weighted by Crippen LogP contribution is 2.51. The Morgan fingerprint density at radius 1 is 1.67 bits per heavy atom. The monoisotopic (exact) mass is 209 g/mol. The summed E-state index contributed by atoms with van der Waals surface area (Å²) < 4.78 is 12.9. The van der Waals surface area contributed by atoms with Crippen LogP contribution in [0.2, 0.25) is 0 Å². The van der Waals surface area contributed by atoms with Crippen LogP contribution in [0.5, 0.6) is 0 Å². The summed E-state index contributed by atoms with van der Waals surface area (Å²) in [7, 11) is 1.62. The minimum absolute atomic E-state index is 0.129. The minimum Gasteiger partial charge on any atom is -0.480 e. The van der Waals surface area contributed by atoms with Crippen LogP contribution in [0.25, 0.3) is 0 Å². The van der Waals surface area contributed by atoms with Crippen molar-refractivity contribution in [2.24, 2.45) is 0 Å². The van der Waals surface area contributed by atoms with Crippen molar-refractivity contribution < 1.29 is 14.3 Å². The van der Waals surface area contributed by atoms with E-state index in [1.54, 1.807) is 19.2 Å². The van der Waals surface area contributed by atoms with Crippen molar-refractivity contribution in [2.75, 3.05) is 7.05 Å². The molecule has 1 aliphatic rings. The van der Waals surface area contributed by atoms with Gasteiger partial charge in [-0.25, -0.2) is 4.39 Å². The maximum atomic E-state index is 12.9. The van der Waals surface area contributed by atoms with Gasteiger partial charge in [0, 0.05) is 5.92 Å². The number of carboxylic acid groups (broad SMARTS) is 1. The Bertz CT molecular complexity index is 407. The molecule has 0 saturated heterocycles. The van der Waals surface area contributed by atoms with E-state index in [0.717, 1.165) is 5.56 Å². The van der Waals surface area contributed by atoms with Gasteiger partial charge in [-0.15, -0.1) is 0 Å². The van der Waals surface area contributed by atoms with E-state index in [1.165, 1.54) is 12.1 Å². The second-order valence-corrected chi connectivity index (χ2v) is 3.84. The lowest BCUT2D eigenvalue weighted by atomic mass is 10.1. The summed E-state index contributed by atoms with van der Waals surface area (Å²) in [5.74, 6) is -1.33. The molecule has 3 nitrogen and oxygen atoms in total. The SMILES string of the molecule is CNC1(C(=O)O)CC1c1cccc(F)c1. The van der Waals surface area contributed by atoms with Gasteiger partial charge in [0.2, 0.25) is 0 Å². The van der Waals surface area contributed by atoms with E-state index in [0.29, 0.717) is 6.42 Å². The first-order valence-corrected chi connectivity index (χ1v) is 4.78. The van der Waals surface area contributed by atoms with Crippen LogP contribution < -0.4 is 5.32 Å². The summed E-state index contributed by atoms with van der Waals surface area (Å²) in [5, 5.41) is 11.8. The molecule has 2 N–H and O–H groups in total. The fraction of sp³-hybridized carbons (Fsp3) is 0.364. The van der Waals surface area contributed by atoms with Gasteiger partial charge in [0.15, 0.2) is 0 Å². The zero-order valence-corrected chi connectivity index (χ0v) is 8.33. The molecule has 2 rings (SSSR count). The largest absolute Gasteiger partial charge is 0.480 e. The number of likely N-dealkylation sites (N-methyl/N-ethyl adjacent to an activating group) is 1. The molecule has 2 unspecified atom stereocenters. The standard InChI is InChI=1S/C11H12FNO2/c1-13-11(10(14)15)6-9(11)7-3-2-4-8(12)5-7/h2-5,9,13H,6H2,1H3,(H,14,15). The molecule has 80 valence electrons. The average Bonchev–Trinajstić information content (AvgIpc) is 2.93. The summed E-state index contributed by atoms with van der Waals surface area (Å²) in [4.78, 5) is 11.0. The van der Waals surface area contributed by atoms with Crippen molar-refractivity contribution in [2.45, 2.75) is 17.9 Å². The van der Waals surface area contributed by atoms with Gasteiger partial charge in [-0.3, -0.25) is 4.79 Å². The number of nitrogens with one attached hydrogen (secondary N) is 1. The summed E-state index contributed by atoms with van der Waals surface area (Å²) in [5.41, 5.74) is -0.153. The second kappa shape index (κ2) is 3.31. The first kappa shape index (κ1) is 10.1. The van der Waals surface area contributed by atoms with E-state index in [4.69, 9.17) is 5.11 Å². The van der Waals surface area contributed by atoms with Crippen LogP contribution in [0.15, 0.2) is 24.3 Å². The van der Waals surface area contributed by atoms with E-state index in [9.17, 15) is 9.18 Å². The number of hydrogen-bond acceptors (Lipinski definition) is 2. The highest BCUT2D eigenvalue weighted by molar-refractivity contribution is 5.85. The molecule has 0 heterocycles. The Balaban J connectivity index is 2.26. The van der Waals surface area contributed by atoms with Crippen LogP contribution in [0.3, 0.4) is 0 Å². The molecule has 1 aromatic rings. The molecular weight excluding hydrogens is 197 g/mol. The van der Waals surface area contributed by atoms with Crippen molar-refractivity contribution in [3.63, 3.8) is 0 Å². The van der Waals surface area contributed by atoms with E-state index >= 15 is 0 Å². The summed E-state index contributed by atoms with van der Waals surface area (Å²) in [6, 6.07) is 6.11. The maximum Gasteiger partial charge on any atom is 0.324 e. The van der Waals surface area contributed by atoms with Gasteiger partial charge in [0.05, 0.1) is 0 Å². The van der Waals surface area contributed by atoms with Crippen LogP contribution in [0, 0.1) is 5.82 Å². The summed E-state index contributed by atoms with van der Waals surface area (Å²) in [6.45, 7) is 0. The number of carbonyl (C=O) groups is 1. The van der Waals surface area contributed by atoms with E-state index in [1.807, 2.05) is 0 Å². The molecule has 0 bridgehead atoms. The van der Waals surface area contributed by atoms with Crippen molar-refractivity contribution in [3.8, 4) is 0 Å². The third kappa shape index (κ3) is 1.51. The highest BCUT2D eigenvalue weighted by Gasteiger charge is 2.60. The Morgan fingerprint density at radius 2 is 2.40 bits per heavy atom. The lowest BCUT2D eigenvalue weighted by molar-refractivity contribution is -0.140. The number of halogens is 1. The molecule has 1 aliphatic carbocycles. The van der Waals surface area contributed by atoms with Gasteiger partial charge in [0.25, 0.3) is 0 Å². The lowest BCUT2D eigenvalue weighted by Gasteiger charge is -2.10. The number of rotatable bonds is 3. The summed E-state index contributed by atoms with van der Waals surface area (Å²) in [6.07, 6.45) is 0.516. The van der Waals surface area contributed by atoms with Crippen LogP contribution in [-0.4, -0.2) is 23.7 Å². The quantitative estimate of drug-likeness (QED) is 0.790. The van der Waals surface area contributed by atoms with Gasteiger partial charge in [-0.2, -0.15) is 0 Å². The zero-order valence-electron chi connectivity index (χ0n) is 8.33. The van der Waals surface area contributed by atoms with Gasteiger partial charge < -0.3 is 10.4 Å². The zero-order chi connectivity index (χ0) is 11.1. The number of hydrogen-bond donors (Lipinski definition) is 2. The van der Waals surface area contributed by atoms with Crippen molar-refractivity contribution in [1.29, 1.82) is 0 Å². The normalized spacial score (nSPS) is 28.8. The van der Waals surface area contributed by atoms with Gasteiger partial charge in [0.1, 0.15) is 11.4 Å². The lowest BCUT2D eigenvalue weighted by Crippen LogP contribution is -2.38. The van der Waals surface area contributed by atoms with Crippen molar-refractivity contribution in [1.82, 2.24) is 5.32 Å². The van der Waals surface area contributed by atoms with Crippen LogP contribution >= 0.6 is 0 Å². The first-order chi connectivity index (χ1) is 7.10. The molecule has 1 saturated carbocycles. The second-order valence-electron chi connectivity index (χ2n) is 3.84. The van der Waals surface area contributed by atoms with Crippen molar-refractivity contribution in [3.05, 3.63) is 35.6 Å². The molecule has 0 aliphatic heterocycles. The van der Waals surface area contributed by atoms with Gasteiger partial charge >= 0.3 is 5.97 Å². The summed E-state index contributed by atoms with van der Waals surface area (Å²) >= 11 is 0. The molecule has 2 atom stereocenters. The van der Waals surface area contributed by atoms with E-state index in [-0.39, 0.29) is 11.7 Å².